The Morgan fingerprint density at radius 2 is 1.66 bits per heavy atom. The van der Waals surface area contributed by atoms with E-state index >= 15 is 0 Å². The predicted molar refractivity (Wildman–Crippen MR) is 143 cm³/mol. The summed E-state index contributed by atoms with van der Waals surface area (Å²) >= 11 is 5.76. The van der Waals surface area contributed by atoms with E-state index in [1.54, 1.807) is 0 Å². The standard InChI is InChI=1S/C29H35ClF6N2O3/c1-3-4-12-40-18-26(38-25(39)16-30)10-11-27(37-17-26,22-8-6-5-7-9-22)19-41-20(2)21-13-23(28(31,32)33)15-24(14-21)29(34,35)36/h5-9,13-15,20,37H,3-4,10-12,16-19H2,1-2H3,(H,38,39)/t20-,26+,27-/m1/s1. The van der Waals surface area contributed by atoms with Gasteiger partial charge in [0, 0.05) is 13.2 Å². The lowest BCUT2D eigenvalue weighted by Crippen LogP contribution is -2.66. The van der Waals surface area contributed by atoms with Crippen LogP contribution in [0.2, 0.25) is 0 Å². The van der Waals surface area contributed by atoms with Crippen LogP contribution in [-0.4, -0.2) is 43.7 Å². The first-order chi connectivity index (χ1) is 19.2. The third kappa shape index (κ3) is 8.83. The van der Waals surface area contributed by atoms with Gasteiger partial charge in [-0.25, -0.2) is 0 Å². The number of carbonyl (C=O) groups excluding carboxylic acids is 1. The Morgan fingerprint density at radius 1 is 1.02 bits per heavy atom. The van der Waals surface area contributed by atoms with Crippen molar-refractivity contribution in [3.63, 3.8) is 0 Å². The summed E-state index contributed by atoms with van der Waals surface area (Å²) in [7, 11) is 0. The van der Waals surface area contributed by atoms with E-state index in [4.69, 9.17) is 21.1 Å². The van der Waals surface area contributed by atoms with E-state index in [1.165, 1.54) is 6.92 Å². The van der Waals surface area contributed by atoms with Gasteiger partial charge in [0.1, 0.15) is 5.88 Å². The molecule has 1 amide bonds. The highest BCUT2D eigenvalue weighted by Crippen LogP contribution is 2.39. The van der Waals surface area contributed by atoms with Crippen LogP contribution in [0.4, 0.5) is 26.3 Å². The zero-order chi connectivity index (χ0) is 30.3. The van der Waals surface area contributed by atoms with Crippen molar-refractivity contribution >= 4 is 17.5 Å². The molecule has 228 valence electrons. The summed E-state index contributed by atoms with van der Waals surface area (Å²) < 4.78 is 92.3. The summed E-state index contributed by atoms with van der Waals surface area (Å²) in [6.45, 7) is 4.45. The molecule has 0 aromatic heterocycles. The second kappa shape index (κ2) is 13.8. The van der Waals surface area contributed by atoms with Crippen LogP contribution >= 0.6 is 11.6 Å². The van der Waals surface area contributed by atoms with Gasteiger partial charge in [0.15, 0.2) is 0 Å². The number of nitrogens with one attached hydrogen (secondary N) is 2. The molecule has 2 aromatic carbocycles. The fourth-order valence-electron chi connectivity index (χ4n) is 4.86. The summed E-state index contributed by atoms with van der Waals surface area (Å²) in [6.07, 6.45) is -8.30. The van der Waals surface area contributed by atoms with Crippen LogP contribution in [0.25, 0.3) is 0 Å². The molecule has 0 unspecified atom stereocenters. The number of hydrogen-bond donors (Lipinski definition) is 2. The Balaban J connectivity index is 1.86. The predicted octanol–water partition coefficient (Wildman–Crippen LogP) is 6.99. The minimum Gasteiger partial charge on any atom is -0.379 e. The highest BCUT2D eigenvalue weighted by molar-refractivity contribution is 6.27. The van der Waals surface area contributed by atoms with Crippen LogP contribution in [0.3, 0.4) is 0 Å². The van der Waals surface area contributed by atoms with E-state index in [0.717, 1.165) is 18.4 Å². The molecule has 0 radical (unpaired) electrons. The lowest BCUT2D eigenvalue weighted by atomic mass is 9.76. The first kappa shape index (κ1) is 33.2. The molecule has 1 fully saturated rings. The quantitative estimate of drug-likeness (QED) is 0.155. The van der Waals surface area contributed by atoms with E-state index in [-0.39, 0.29) is 43.2 Å². The van der Waals surface area contributed by atoms with Crippen LogP contribution in [0.5, 0.6) is 0 Å². The fourth-order valence-corrected chi connectivity index (χ4v) is 4.93. The third-order valence-electron chi connectivity index (χ3n) is 7.33. The second-order valence-corrected chi connectivity index (χ2v) is 10.7. The van der Waals surface area contributed by atoms with Crippen LogP contribution in [0.15, 0.2) is 48.5 Å². The van der Waals surface area contributed by atoms with Gasteiger partial charge in [-0.1, -0.05) is 43.7 Å². The van der Waals surface area contributed by atoms with E-state index in [1.807, 2.05) is 37.3 Å². The first-order valence-corrected chi connectivity index (χ1v) is 13.9. The van der Waals surface area contributed by atoms with Crippen molar-refractivity contribution in [3.8, 4) is 0 Å². The van der Waals surface area contributed by atoms with Crippen LogP contribution in [0.1, 0.15) is 67.9 Å². The number of halogens is 7. The van der Waals surface area contributed by atoms with E-state index in [0.29, 0.717) is 31.6 Å². The monoisotopic (exact) mass is 608 g/mol. The minimum absolute atomic E-state index is 0.0496. The molecule has 0 bridgehead atoms. The molecular formula is C29H35ClF6N2O3. The maximum absolute atomic E-state index is 13.4. The number of piperidine rings is 1. The molecule has 1 aliphatic rings. The Labute approximate surface area is 240 Å². The molecule has 41 heavy (non-hydrogen) atoms. The van der Waals surface area contributed by atoms with Gasteiger partial charge >= 0.3 is 12.4 Å². The summed E-state index contributed by atoms with van der Waals surface area (Å²) in [6, 6.07) is 10.7. The number of benzene rings is 2. The van der Waals surface area contributed by atoms with Gasteiger partial charge < -0.3 is 20.1 Å². The number of hydrogen-bond acceptors (Lipinski definition) is 4. The summed E-state index contributed by atoms with van der Waals surface area (Å²) in [4.78, 5) is 12.3. The van der Waals surface area contributed by atoms with Gasteiger partial charge in [-0.3, -0.25) is 4.79 Å². The normalized spacial score (nSPS) is 22.4. The van der Waals surface area contributed by atoms with Crippen molar-refractivity contribution in [1.29, 1.82) is 0 Å². The van der Waals surface area contributed by atoms with Crippen LogP contribution in [-0.2, 0) is 32.2 Å². The molecule has 5 nitrogen and oxygen atoms in total. The highest BCUT2D eigenvalue weighted by Gasteiger charge is 2.45. The number of rotatable bonds is 12. The maximum atomic E-state index is 13.4. The van der Waals surface area contributed by atoms with Crippen molar-refractivity contribution in [3.05, 3.63) is 70.8 Å². The Hall–Kier alpha value is -2.34. The maximum Gasteiger partial charge on any atom is 0.416 e. The molecule has 2 N–H and O–H groups in total. The molecule has 1 heterocycles. The van der Waals surface area contributed by atoms with Gasteiger partial charge in [0.25, 0.3) is 0 Å². The molecule has 3 atom stereocenters. The van der Waals surface area contributed by atoms with Gasteiger partial charge in [0.2, 0.25) is 5.91 Å². The van der Waals surface area contributed by atoms with E-state index in [2.05, 4.69) is 10.6 Å². The molecule has 0 saturated carbocycles. The van der Waals surface area contributed by atoms with Gasteiger partial charge in [-0.2, -0.15) is 26.3 Å². The molecule has 1 aliphatic heterocycles. The first-order valence-electron chi connectivity index (χ1n) is 13.4. The Morgan fingerprint density at radius 3 is 2.17 bits per heavy atom. The van der Waals surface area contributed by atoms with Crippen molar-refractivity contribution in [2.75, 3.05) is 32.2 Å². The average Bonchev–Trinajstić information content (AvgIpc) is 2.94. The van der Waals surface area contributed by atoms with Gasteiger partial charge in [-0.15, -0.1) is 11.6 Å². The Bertz CT molecular complexity index is 1100. The molecule has 0 spiro atoms. The fraction of sp³-hybridized carbons (Fsp3) is 0.552. The van der Waals surface area contributed by atoms with Gasteiger partial charge in [0.05, 0.1) is 41.5 Å². The number of amides is 1. The molecule has 12 heteroatoms. The zero-order valence-electron chi connectivity index (χ0n) is 22.9. The van der Waals surface area contributed by atoms with E-state index < -0.39 is 40.7 Å². The number of alkyl halides is 7. The number of unbranched alkanes of at least 4 members (excludes halogenated alkanes) is 1. The zero-order valence-corrected chi connectivity index (χ0v) is 23.7. The molecule has 2 aromatic rings. The lowest BCUT2D eigenvalue weighted by Gasteiger charge is -2.48. The smallest absolute Gasteiger partial charge is 0.379 e. The number of carbonyl (C=O) groups is 1. The SMILES string of the molecule is CCCCOC[C@]1(NC(=O)CCl)CC[C@@](CO[C@H](C)c2cc(C(F)(F)F)cc(C(F)(F)F)c2)(c2ccccc2)NC1. The van der Waals surface area contributed by atoms with Crippen molar-refractivity contribution in [2.45, 2.75) is 69.1 Å². The highest BCUT2D eigenvalue weighted by atomic mass is 35.5. The Kier molecular flexibility index (Phi) is 11.1. The minimum atomic E-state index is -4.96. The summed E-state index contributed by atoms with van der Waals surface area (Å²) in [5.74, 6) is -0.576. The third-order valence-corrected chi connectivity index (χ3v) is 7.57. The van der Waals surface area contributed by atoms with E-state index in [9.17, 15) is 31.1 Å². The molecule has 1 saturated heterocycles. The van der Waals surface area contributed by atoms with Gasteiger partial charge in [-0.05, 0) is 55.5 Å². The molecule has 0 aliphatic carbocycles. The van der Waals surface area contributed by atoms with Crippen molar-refractivity contribution in [2.24, 2.45) is 0 Å². The molecule has 3 rings (SSSR count). The lowest BCUT2D eigenvalue weighted by molar-refractivity contribution is -0.143. The largest absolute Gasteiger partial charge is 0.416 e. The average molecular weight is 609 g/mol. The number of ether oxygens (including phenoxy) is 2. The van der Waals surface area contributed by atoms with Crippen LogP contribution < -0.4 is 10.6 Å². The topological polar surface area (TPSA) is 59.6 Å². The van der Waals surface area contributed by atoms with Crippen molar-refractivity contribution < 1.29 is 40.6 Å². The molecular weight excluding hydrogens is 574 g/mol. The van der Waals surface area contributed by atoms with Crippen molar-refractivity contribution in [1.82, 2.24) is 10.6 Å². The second-order valence-electron chi connectivity index (χ2n) is 10.5. The summed E-state index contributed by atoms with van der Waals surface area (Å²) in [5, 5.41) is 6.43. The summed E-state index contributed by atoms with van der Waals surface area (Å²) in [5.41, 5.74) is -3.78. The van der Waals surface area contributed by atoms with Crippen LogP contribution in [0, 0.1) is 0 Å².